The second-order valence-electron chi connectivity index (χ2n) is 5.45. The monoisotopic (exact) mass is 256 g/mol. The number of fused-ring (bicyclic) bond motifs is 1. The molecular weight excluding hydrogens is 236 g/mol. The van der Waals surface area contributed by atoms with Crippen LogP contribution in [0, 0.1) is 11.8 Å². The quantitative estimate of drug-likeness (QED) is 0.758. The first-order valence-corrected chi connectivity index (χ1v) is 6.85. The number of hydrogen-bond acceptors (Lipinski definition) is 5. The molecular formula is C13H20O5. The minimum Gasteiger partial charge on any atom is -0.462 e. The van der Waals surface area contributed by atoms with Gasteiger partial charge in [0, 0.05) is 31.5 Å². The molecule has 5 atom stereocenters. The molecule has 2 heterocycles. The summed E-state index contributed by atoms with van der Waals surface area (Å²) in [4.78, 5) is 11.2. The smallest absolute Gasteiger partial charge is 0.306 e. The summed E-state index contributed by atoms with van der Waals surface area (Å²) in [5.41, 5.74) is 0. The van der Waals surface area contributed by atoms with Crippen molar-refractivity contribution >= 4 is 5.97 Å². The van der Waals surface area contributed by atoms with Gasteiger partial charge in [0.05, 0.1) is 12.5 Å². The highest BCUT2D eigenvalue weighted by atomic mass is 16.7. The van der Waals surface area contributed by atoms with Gasteiger partial charge in [0.15, 0.2) is 6.29 Å². The molecule has 3 aliphatic rings. The average Bonchev–Trinajstić information content (AvgIpc) is 2.85. The average molecular weight is 256 g/mol. The van der Waals surface area contributed by atoms with Gasteiger partial charge >= 0.3 is 5.97 Å². The van der Waals surface area contributed by atoms with Crippen molar-refractivity contribution in [2.24, 2.45) is 11.8 Å². The zero-order valence-corrected chi connectivity index (χ0v) is 10.4. The summed E-state index contributed by atoms with van der Waals surface area (Å²) in [6.45, 7) is 0.804. The van der Waals surface area contributed by atoms with Crippen LogP contribution in [0.3, 0.4) is 0 Å². The molecule has 2 aliphatic heterocycles. The standard InChI is InChI=1S/C13H20O5/c14-7-9-8-5-12(15)17-10(8)6-11(9)18-13-3-1-2-4-16-13/h8-11,13-14H,1-7H2/t8?,9?,10-,11?,13?/m0/s1. The number of carbonyl (C=O) groups is 1. The lowest BCUT2D eigenvalue weighted by molar-refractivity contribution is -0.199. The van der Waals surface area contributed by atoms with Crippen LogP contribution in [0.15, 0.2) is 0 Å². The Morgan fingerprint density at radius 3 is 3.00 bits per heavy atom. The lowest BCUT2D eigenvalue weighted by Crippen LogP contribution is -2.33. The van der Waals surface area contributed by atoms with Crippen molar-refractivity contribution in [2.75, 3.05) is 13.2 Å². The van der Waals surface area contributed by atoms with E-state index in [1.54, 1.807) is 0 Å². The molecule has 0 amide bonds. The Hall–Kier alpha value is -0.650. The van der Waals surface area contributed by atoms with Gasteiger partial charge in [-0.05, 0) is 19.3 Å². The van der Waals surface area contributed by atoms with Gasteiger partial charge in [-0.25, -0.2) is 0 Å². The first-order chi connectivity index (χ1) is 8.78. The maximum absolute atomic E-state index is 11.2. The molecule has 102 valence electrons. The van der Waals surface area contributed by atoms with Crippen LogP contribution >= 0.6 is 0 Å². The van der Waals surface area contributed by atoms with Gasteiger partial charge in [-0.2, -0.15) is 0 Å². The van der Waals surface area contributed by atoms with Crippen LogP contribution < -0.4 is 0 Å². The van der Waals surface area contributed by atoms with Gasteiger partial charge in [-0.15, -0.1) is 0 Å². The van der Waals surface area contributed by atoms with Crippen LogP contribution in [0.5, 0.6) is 0 Å². The van der Waals surface area contributed by atoms with Crippen LogP contribution in [0.25, 0.3) is 0 Å². The lowest BCUT2D eigenvalue weighted by atomic mass is 9.93. The topological polar surface area (TPSA) is 65.0 Å². The van der Waals surface area contributed by atoms with E-state index in [-0.39, 0.29) is 42.9 Å². The third-order valence-electron chi connectivity index (χ3n) is 4.33. The normalized spacial score (nSPS) is 43.8. The Bertz CT molecular complexity index is 313. The van der Waals surface area contributed by atoms with Crippen LogP contribution in [0.2, 0.25) is 0 Å². The number of hydrogen-bond donors (Lipinski definition) is 1. The molecule has 3 fully saturated rings. The first-order valence-electron chi connectivity index (χ1n) is 6.85. The fourth-order valence-electron chi connectivity index (χ4n) is 3.38. The zero-order valence-electron chi connectivity index (χ0n) is 10.4. The van der Waals surface area contributed by atoms with Gasteiger partial charge in [0.25, 0.3) is 0 Å². The van der Waals surface area contributed by atoms with Crippen LogP contribution in [0.1, 0.15) is 32.1 Å². The molecule has 1 saturated carbocycles. The van der Waals surface area contributed by atoms with E-state index < -0.39 is 0 Å². The molecule has 5 heteroatoms. The van der Waals surface area contributed by atoms with Gasteiger partial charge in [0.1, 0.15) is 6.10 Å². The molecule has 5 nitrogen and oxygen atoms in total. The number of aliphatic hydroxyl groups excluding tert-OH is 1. The summed E-state index contributed by atoms with van der Waals surface area (Å²) in [6, 6.07) is 0. The maximum Gasteiger partial charge on any atom is 0.306 e. The number of aliphatic hydroxyl groups is 1. The summed E-state index contributed by atoms with van der Waals surface area (Å²) >= 11 is 0. The third-order valence-corrected chi connectivity index (χ3v) is 4.33. The molecule has 0 bridgehead atoms. The second kappa shape index (κ2) is 5.15. The lowest BCUT2D eigenvalue weighted by Gasteiger charge is -2.29. The molecule has 0 aromatic carbocycles. The Balaban J connectivity index is 1.61. The summed E-state index contributed by atoms with van der Waals surface area (Å²) in [6.07, 6.45) is 4.00. The molecule has 1 N–H and O–H groups in total. The highest BCUT2D eigenvalue weighted by molar-refractivity contribution is 5.72. The fourth-order valence-corrected chi connectivity index (χ4v) is 3.38. The van der Waals surface area contributed by atoms with Gasteiger partial charge < -0.3 is 19.3 Å². The maximum atomic E-state index is 11.2. The molecule has 18 heavy (non-hydrogen) atoms. The van der Waals surface area contributed by atoms with Crippen molar-refractivity contribution in [3.05, 3.63) is 0 Å². The molecule has 0 radical (unpaired) electrons. The highest BCUT2D eigenvalue weighted by Crippen LogP contribution is 2.43. The third kappa shape index (κ3) is 2.27. The largest absolute Gasteiger partial charge is 0.462 e. The van der Waals surface area contributed by atoms with E-state index in [9.17, 15) is 9.90 Å². The van der Waals surface area contributed by atoms with E-state index in [1.807, 2.05) is 0 Å². The molecule has 0 aromatic heterocycles. The van der Waals surface area contributed by atoms with E-state index in [0.717, 1.165) is 25.9 Å². The number of esters is 1. The molecule has 1 aliphatic carbocycles. The number of ether oxygens (including phenoxy) is 3. The molecule has 2 saturated heterocycles. The molecule has 0 aromatic rings. The number of carbonyl (C=O) groups excluding carboxylic acids is 1. The summed E-state index contributed by atoms with van der Waals surface area (Å²) in [5, 5.41) is 9.51. The Kier molecular flexibility index (Phi) is 3.54. The summed E-state index contributed by atoms with van der Waals surface area (Å²) < 4.78 is 16.8. The predicted molar refractivity (Wildman–Crippen MR) is 61.6 cm³/mol. The summed E-state index contributed by atoms with van der Waals surface area (Å²) in [5.74, 6) is -0.0149. The van der Waals surface area contributed by atoms with Crippen molar-refractivity contribution in [3.8, 4) is 0 Å². The van der Waals surface area contributed by atoms with E-state index in [0.29, 0.717) is 12.8 Å². The van der Waals surface area contributed by atoms with Crippen LogP contribution in [-0.4, -0.2) is 42.8 Å². The minimum absolute atomic E-state index is 0.00646. The van der Waals surface area contributed by atoms with E-state index in [1.165, 1.54) is 0 Å². The SMILES string of the molecule is O=C1CC2C(CO)C(OC3CCCCO3)C[C@@H]2O1. The minimum atomic E-state index is -0.146. The van der Waals surface area contributed by atoms with E-state index in [4.69, 9.17) is 14.2 Å². The Morgan fingerprint density at radius 2 is 2.28 bits per heavy atom. The highest BCUT2D eigenvalue weighted by Gasteiger charge is 2.50. The van der Waals surface area contributed by atoms with Crippen molar-refractivity contribution < 1.29 is 24.1 Å². The van der Waals surface area contributed by atoms with E-state index in [2.05, 4.69) is 0 Å². The van der Waals surface area contributed by atoms with Crippen molar-refractivity contribution in [1.82, 2.24) is 0 Å². The predicted octanol–water partition coefficient (Wildman–Crippen LogP) is 0.842. The van der Waals surface area contributed by atoms with Gasteiger partial charge in [0.2, 0.25) is 0 Å². The van der Waals surface area contributed by atoms with Crippen molar-refractivity contribution in [3.63, 3.8) is 0 Å². The van der Waals surface area contributed by atoms with Crippen LogP contribution in [0.4, 0.5) is 0 Å². The molecule has 4 unspecified atom stereocenters. The Morgan fingerprint density at radius 1 is 1.39 bits per heavy atom. The van der Waals surface area contributed by atoms with Gasteiger partial charge in [-0.3, -0.25) is 4.79 Å². The van der Waals surface area contributed by atoms with Crippen LogP contribution in [-0.2, 0) is 19.0 Å². The van der Waals surface area contributed by atoms with Crippen molar-refractivity contribution in [2.45, 2.75) is 50.6 Å². The first kappa shape index (κ1) is 12.4. The number of rotatable bonds is 3. The fraction of sp³-hybridized carbons (Fsp3) is 0.923. The molecule has 0 spiro atoms. The van der Waals surface area contributed by atoms with E-state index >= 15 is 0 Å². The summed E-state index contributed by atoms with van der Waals surface area (Å²) in [7, 11) is 0. The van der Waals surface area contributed by atoms with Gasteiger partial charge in [-0.1, -0.05) is 0 Å². The second-order valence-corrected chi connectivity index (χ2v) is 5.45. The Labute approximate surface area is 106 Å². The molecule has 3 rings (SSSR count). The van der Waals surface area contributed by atoms with Crippen molar-refractivity contribution in [1.29, 1.82) is 0 Å². The zero-order chi connectivity index (χ0) is 12.5.